The number of ether oxygens (including phenoxy) is 1. The highest BCUT2D eigenvalue weighted by Gasteiger charge is 2.15. The Kier molecular flexibility index (Phi) is 8.75. The number of rotatable bonds is 9. The first-order valence-electron chi connectivity index (χ1n) is 6.72. The molecule has 0 spiro atoms. The van der Waals surface area contributed by atoms with Crippen molar-refractivity contribution >= 4 is 16.0 Å². The predicted octanol–water partition coefficient (Wildman–Crippen LogP) is -0.0942. The summed E-state index contributed by atoms with van der Waals surface area (Å²) in [4.78, 5) is 4.43. The lowest BCUT2D eigenvalue weighted by Gasteiger charge is -2.21. The van der Waals surface area contributed by atoms with Crippen LogP contribution in [-0.4, -0.2) is 59.5 Å². The summed E-state index contributed by atoms with van der Waals surface area (Å²) < 4.78 is 29.5. The van der Waals surface area contributed by atoms with E-state index in [9.17, 15) is 8.42 Å². The molecule has 0 bridgehead atoms. The molecular formula is C12H28N4O3S. The molecule has 0 unspecified atom stereocenters. The average molecular weight is 308 g/mol. The molecular weight excluding hydrogens is 280 g/mol. The van der Waals surface area contributed by atoms with E-state index in [-0.39, 0.29) is 5.60 Å². The second-order valence-corrected chi connectivity index (χ2v) is 6.94. The van der Waals surface area contributed by atoms with E-state index in [1.54, 1.807) is 7.11 Å². The molecule has 3 N–H and O–H groups in total. The summed E-state index contributed by atoms with van der Waals surface area (Å²) >= 11 is 0. The van der Waals surface area contributed by atoms with Crippen molar-refractivity contribution in [3.63, 3.8) is 0 Å². The topological polar surface area (TPSA) is 91.8 Å². The molecule has 0 aliphatic carbocycles. The number of nitrogens with one attached hydrogen (secondary N) is 3. The zero-order valence-electron chi connectivity index (χ0n) is 13.1. The number of guanidine groups is 1. The van der Waals surface area contributed by atoms with Crippen LogP contribution in [0.4, 0.5) is 0 Å². The molecule has 0 aromatic carbocycles. The van der Waals surface area contributed by atoms with Gasteiger partial charge in [-0.1, -0.05) is 0 Å². The Hall–Kier alpha value is -0.860. The number of hydrogen-bond donors (Lipinski definition) is 3. The molecule has 120 valence electrons. The zero-order chi connectivity index (χ0) is 15.6. The Morgan fingerprint density at radius 3 is 2.40 bits per heavy atom. The van der Waals surface area contributed by atoms with E-state index < -0.39 is 10.0 Å². The molecule has 0 aromatic heterocycles. The number of hydrogen-bond acceptors (Lipinski definition) is 4. The van der Waals surface area contributed by atoms with Crippen LogP contribution in [0, 0.1) is 0 Å². The second-order valence-electron chi connectivity index (χ2n) is 5.11. The van der Waals surface area contributed by atoms with Gasteiger partial charge in [0.25, 0.3) is 0 Å². The Morgan fingerprint density at radius 1 is 1.25 bits per heavy atom. The third-order valence-electron chi connectivity index (χ3n) is 2.53. The highest BCUT2D eigenvalue weighted by atomic mass is 32.2. The van der Waals surface area contributed by atoms with Crippen LogP contribution in [0.15, 0.2) is 4.99 Å². The fourth-order valence-electron chi connectivity index (χ4n) is 1.23. The van der Waals surface area contributed by atoms with Crippen molar-refractivity contribution < 1.29 is 13.2 Å². The van der Waals surface area contributed by atoms with E-state index in [1.165, 1.54) is 0 Å². The van der Waals surface area contributed by atoms with Crippen LogP contribution >= 0.6 is 0 Å². The molecule has 0 saturated heterocycles. The standard InChI is InChI=1S/C12H28N4O3S/c1-6-13-11(15-10-12(2,3)19-4)14-8-7-9-16-20(5,17)18/h16H,6-10H2,1-5H3,(H2,13,14,15). The molecule has 0 heterocycles. The molecule has 7 nitrogen and oxygen atoms in total. The summed E-state index contributed by atoms with van der Waals surface area (Å²) in [7, 11) is -1.45. The molecule has 0 radical (unpaired) electrons. The van der Waals surface area contributed by atoms with E-state index in [1.807, 2.05) is 20.8 Å². The van der Waals surface area contributed by atoms with Gasteiger partial charge in [-0.25, -0.2) is 13.1 Å². The minimum atomic E-state index is -3.11. The van der Waals surface area contributed by atoms with Crippen molar-refractivity contribution in [2.75, 3.05) is 39.5 Å². The molecule has 0 rings (SSSR count). The van der Waals surface area contributed by atoms with Crippen molar-refractivity contribution in [1.29, 1.82) is 0 Å². The first-order chi connectivity index (χ1) is 9.20. The van der Waals surface area contributed by atoms with Gasteiger partial charge >= 0.3 is 0 Å². The molecule has 0 fully saturated rings. The largest absolute Gasteiger partial charge is 0.377 e. The highest BCUT2D eigenvalue weighted by Crippen LogP contribution is 2.06. The second kappa shape index (κ2) is 9.15. The van der Waals surface area contributed by atoms with E-state index in [4.69, 9.17) is 4.74 Å². The first kappa shape index (κ1) is 19.1. The summed E-state index contributed by atoms with van der Waals surface area (Å²) in [6.07, 6.45) is 1.84. The lowest BCUT2D eigenvalue weighted by molar-refractivity contribution is 0.0310. The van der Waals surface area contributed by atoms with Crippen molar-refractivity contribution in [2.24, 2.45) is 4.99 Å². The van der Waals surface area contributed by atoms with Crippen LogP contribution in [0.5, 0.6) is 0 Å². The van der Waals surface area contributed by atoms with Crippen LogP contribution in [0.2, 0.25) is 0 Å². The van der Waals surface area contributed by atoms with Crippen LogP contribution in [0.3, 0.4) is 0 Å². The monoisotopic (exact) mass is 308 g/mol. The van der Waals surface area contributed by atoms with Crippen molar-refractivity contribution in [2.45, 2.75) is 32.8 Å². The minimum Gasteiger partial charge on any atom is -0.377 e. The first-order valence-corrected chi connectivity index (χ1v) is 8.61. The van der Waals surface area contributed by atoms with Gasteiger partial charge in [-0.05, 0) is 27.2 Å². The number of aliphatic imine (C=N–C) groups is 1. The third-order valence-corrected chi connectivity index (χ3v) is 3.25. The lowest BCUT2D eigenvalue weighted by atomic mass is 10.1. The van der Waals surface area contributed by atoms with Gasteiger partial charge in [0.15, 0.2) is 5.96 Å². The summed E-state index contributed by atoms with van der Waals surface area (Å²) in [5, 5.41) is 6.28. The lowest BCUT2D eigenvalue weighted by Crippen LogP contribution is -2.40. The molecule has 0 saturated carbocycles. The van der Waals surface area contributed by atoms with Gasteiger partial charge in [0.2, 0.25) is 10.0 Å². The van der Waals surface area contributed by atoms with Crippen LogP contribution in [0.1, 0.15) is 27.2 Å². The van der Waals surface area contributed by atoms with E-state index in [0.717, 1.165) is 12.8 Å². The summed E-state index contributed by atoms with van der Waals surface area (Å²) in [5.41, 5.74) is -0.305. The molecule has 0 amide bonds. The number of methoxy groups -OCH3 is 1. The fraction of sp³-hybridized carbons (Fsp3) is 0.917. The SMILES string of the molecule is CCNC(=NCC(C)(C)OC)NCCCNS(C)(=O)=O. The molecule has 0 aliphatic heterocycles. The highest BCUT2D eigenvalue weighted by molar-refractivity contribution is 7.88. The van der Waals surface area contributed by atoms with Gasteiger partial charge in [-0.15, -0.1) is 0 Å². The molecule has 0 aromatic rings. The Labute approximate surface area is 122 Å². The van der Waals surface area contributed by atoms with Gasteiger partial charge in [0.1, 0.15) is 0 Å². The minimum absolute atomic E-state index is 0.305. The number of sulfonamides is 1. The van der Waals surface area contributed by atoms with Crippen LogP contribution in [-0.2, 0) is 14.8 Å². The quantitative estimate of drug-likeness (QED) is 0.314. The maximum absolute atomic E-state index is 10.9. The number of nitrogens with zero attached hydrogens (tertiary/aromatic N) is 1. The Balaban J connectivity index is 4.12. The summed E-state index contributed by atoms with van der Waals surface area (Å²) in [6, 6.07) is 0. The maximum Gasteiger partial charge on any atom is 0.208 e. The van der Waals surface area contributed by atoms with E-state index in [0.29, 0.717) is 32.0 Å². The Morgan fingerprint density at radius 2 is 1.90 bits per heavy atom. The summed E-state index contributed by atoms with van der Waals surface area (Å²) in [6.45, 7) is 8.29. The summed E-state index contributed by atoms with van der Waals surface area (Å²) in [5.74, 6) is 0.706. The van der Waals surface area contributed by atoms with Crippen molar-refractivity contribution in [3.05, 3.63) is 0 Å². The van der Waals surface area contributed by atoms with E-state index in [2.05, 4.69) is 20.3 Å². The molecule has 0 aliphatic rings. The van der Waals surface area contributed by atoms with Gasteiger partial charge < -0.3 is 15.4 Å². The van der Waals surface area contributed by atoms with Gasteiger partial charge in [-0.2, -0.15) is 0 Å². The normalized spacial score (nSPS) is 13.3. The molecule has 0 atom stereocenters. The van der Waals surface area contributed by atoms with Gasteiger partial charge in [-0.3, -0.25) is 4.99 Å². The van der Waals surface area contributed by atoms with Crippen molar-refractivity contribution in [3.8, 4) is 0 Å². The Bertz CT molecular complexity index is 394. The van der Waals surface area contributed by atoms with Gasteiger partial charge in [0.05, 0.1) is 18.4 Å². The van der Waals surface area contributed by atoms with Crippen LogP contribution in [0.25, 0.3) is 0 Å². The van der Waals surface area contributed by atoms with Crippen molar-refractivity contribution in [1.82, 2.24) is 15.4 Å². The smallest absolute Gasteiger partial charge is 0.208 e. The average Bonchev–Trinajstić information content (AvgIpc) is 2.34. The van der Waals surface area contributed by atoms with E-state index >= 15 is 0 Å². The zero-order valence-corrected chi connectivity index (χ0v) is 13.9. The fourth-order valence-corrected chi connectivity index (χ4v) is 1.74. The predicted molar refractivity (Wildman–Crippen MR) is 82.5 cm³/mol. The molecule has 20 heavy (non-hydrogen) atoms. The van der Waals surface area contributed by atoms with Gasteiger partial charge in [0, 0.05) is 26.7 Å². The molecule has 8 heteroatoms. The van der Waals surface area contributed by atoms with Crippen LogP contribution < -0.4 is 15.4 Å². The maximum atomic E-state index is 10.9. The third kappa shape index (κ3) is 11.0.